The molecule has 4 aromatic rings. The number of benzene rings is 2. The molecule has 40 heavy (non-hydrogen) atoms. The van der Waals surface area contributed by atoms with Gasteiger partial charge in [0, 0.05) is 18.2 Å². The van der Waals surface area contributed by atoms with Crippen molar-refractivity contribution in [3.05, 3.63) is 113 Å². The number of carbonyl (C=O) groups excluding carboxylic acids is 1. The molecule has 0 aliphatic carbocycles. The van der Waals surface area contributed by atoms with Crippen LogP contribution in [0.3, 0.4) is 0 Å². The molecule has 2 aromatic carbocycles. The number of thiazole rings is 1. The lowest BCUT2D eigenvalue weighted by atomic mass is 9.96. The molecule has 0 bridgehead atoms. The molecule has 0 saturated carbocycles. The van der Waals surface area contributed by atoms with Crippen molar-refractivity contribution in [2.75, 3.05) is 13.7 Å². The van der Waals surface area contributed by atoms with Crippen LogP contribution >= 0.6 is 11.3 Å². The molecule has 12 heteroatoms. The van der Waals surface area contributed by atoms with E-state index in [-0.39, 0.29) is 22.4 Å². The normalized spacial score (nSPS) is 15.0. The zero-order chi connectivity index (χ0) is 28.6. The summed E-state index contributed by atoms with van der Waals surface area (Å²) in [6.07, 6.45) is 1.53. The highest BCUT2D eigenvalue weighted by Gasteiger charge is 2.33. The van der Waals surface area contributed by atoms with Crippen molar-refractivity contribution in [1.29, 1.82) is 0 Å². The lowest BCUT2D eigenvalue weighted by Gasteiger charge is -2.24. The first-order chi connectivity index (χ1) is 19.2. The van der Waals surface area contributed by atoms with Crippen LogP contribution in [-0.4, -0.2) is 29.2 Å². The smallest absolute Gasteiger partial charge is 0.338 e. The number of aromatic nitrogens is 1. The van der Waals surface area contributed by atoms with Gasteiger partial charge in [-0.3, -0.25) is 19.5 Å². The second kappa shape index (κ2) is 10.7. The summed E-state index contributed by atoms with van der Waals surface area (Å²) in [5, 5.41) is 11.3. The molecule has 0 amide bonds. The van der Waals surface area contributed by atoms with Crippen molar-refractivity contribution in [2.45, 2.75) is 19.9 Å². The van der Waals surface area contributed by atoms with Crippen molar-refractivity contribution in [3.63, 3.8) is 0 Å². The number of non-ortho nitro benzene ring substituents is 1. The second-order valence-electron chi connectivity index (χ2n) is 8.70. The van der Waals surface area contributed by atoms with E-state index in [9.17, 15) is 24.1 Å². The molecule has 204 valence electrons. The number of allylic oxidation sites excluding steroid dienone is 1. The predicted molar refractivity (Wildman–Crippen MR) is 144 cm³/mol. The van der Waals surface area contributed by atoms with Gasteiger partial charge in [-0.1, -0.05) is 23.5 Å². The number of hydrogen-bond donors (Lipinski definition) is 0. The minimum Gasteiger partial charge on any atom is -0.496 e. The Bertz CT molecular complexity index is 1850. The first-order valence-corrected chi connectivity index (χ1v) is 12.9. The molecule has 0 fully saturated rings. The third-order valence-corrected chi connectivity index (χ3v) is 7.25. The van der Waals surface area contributed by atoms with Gasteiger partial charge in [-0.2, -0.15) is 0 Å². The van der Waals surface area contributed by atoms with Crippen LogP contribution in [0, 0.1) is 15.9 Å². The molecule has 1 aliphatic heterocycles. The summed E-state index contributed by atoms with van der Waals surface area (Å²) >= 11 is 1.10. The Morgan fingerprint density at radius 1 is 1.23 bits per heavy atom. The quantitative estimate of drug-likeness (QED) is 0.188. The number of nitro benzene ring substituents is 1. The monoisotopic (exact) mass is 563 g/mol. The largest absolute Gasteiger partial charge is 0.496 e. The molecule has 0 radical (unpaired) electrons. The lowest BCUT2D eigenvalue weighted by molar-refractivity contribution is -0.384. The zero-order valence-corrected chi connectivity index (χ0v) is 22.4. The topological polar surface area (TPSA) is 126 Å². The van der Waals surface area contributed by atoms with Crippen LogP contribution < -0.4 is 19.6 Å². The summed E-state index contributed by atoms with van der Waals surface area (Å²) in [5.41, 5.74) is 0.909. The van der Waals surface area contributed by atoms with Gasteiger partial charge in [0.15, 0.2) is 4.80 Å². The average molecular weight is 564 g/mol. The lowest BCUT2D eigenvalue weighted by Crippen LogP contribution is -2.39. The van der Waals surface area contributed by atoms with Crippen molar-refractivity contribution < 1.29 is 28.0 Å². The van der Waals surface area contributed by atoms with Crippen molar-refractivity contribution in [2.24, 2.45) is 4.99 Å². The SMILES string of the molecule is CCOC(=O)C1=C(C)N=c2s/c(=C\c3ccc(-c4cc([N+](=O)[O-])ccc4OC)o3)c(=O)n2[C@H]1c1ccc(F)cc1. The van der Waals surface area contributed by atoms with Gasteiger partial charge in [0.25, 0.3) is 11.2 Å². The molecule has 5 rings (SSSR count). The third kappa shape index (κ3) is 4.84. The van der Waals surface area contributed by atoms with E-state index in [2.05, 4.69) is 4.99 Å². The number of nitro groups is 1. The Kier molecular flexibility index (Phi) is 7.18. The molecule has 1 atom stereocenters. The number of esters is 1. The third-order valence-electron chi connectivity index (χ3n) is 6.26. The van der Waals surface area contributed by atoms with Crippen molar-refractivity contribution in [3.8, 4) is 17.1 Å². The standard InChI is InChI=1S/C28H22FN3O7S/c1-4-38-27(34)24-15(2)30-28-31(25(24)16-5-7-17(29)8-6-16)26(33)23(40-28)14-19-10-12-22(39-19)20-13-18(32(35)36)9-11-21(20)37-3/h5-14,25H,4H2,1-3H3/b23-14-/t25-/m0/s1. The number of hydrogen-bond acceptors (Lipinski definition) is 9. The van der Waals surface area contributed by atoms with E-state index >= 15 is 0 Å². The molecular weight excluding hydrogens is 541 g/mol. The molecule has 0 spiro atoms. The zero-order valence-electron chi connectivity index (χ0n) is 21.5. The van der Waals surface area contributed by atoms with Crippen molar-refractivity contribution in [1.82, 2.24) is 4.57 Å². The summed E-state index contributed by atoms with van der Waals surface area (Å²) in [5.74, 6) is -0.0673. The molecule has 10 nitrogen and oxygen atoms in total. The van der Waals surface area contributed by atoms with Crippen LogP contribution in [0.1, 0.15) is 31.2 Å². The fourth-order valence-electron chi connectivity index (χ4n) is 4.46. The number of rotatable bonds is 7. The van der Waals surface area contributed by atoms with Gasteiger partial charge >= 0.3 is 5.97 Å². The van der Waals surface area contributed by atoms with Gasteiger partial charge in [0.1, 0.15) is 23.1 Å². The molecular formula is C28H22FN3O7S. The van der Waals surface area contributed by atoms with E-state index in [4.69, 9.17) is 13.9 Å². The number of furan rings is 1. The molecule has 0 N–H and O–H groups in total. The maximum atomic E-state index is 13.7. The van der Waals surface area contributed by atoms with Crippen LogP contribution in [0.15, 0.2) is 80.1 Å². The van der Waals surface area contributed by atoms with Crippen molar-refractivity contribution >= 4 is 29.1 Å². The van der Waals surface area contributed by atoms with E-state index in [1.165, 1.54) is 60.2 Å². The van der Waals surface area contributed by atoms with Gasteiger partial charge in [-0.25, -0.2) is 14.2 Å². The first-order valence-electron chi connectivity index (χ1n) is 12.1. The molecule has 3 heterocycles. The van der Waals surface area contributed by atoms with Crippen LogP contribution in [0.4, 0.5) is 10.1 Å². The van der Waals surface area contributed by atoms with Crippen LogP contribution in [-0.2, 0) is 9.53 Å². The molecule has 2 aromatic heterocycles. The van der Waals surface area contributed by atoms with Crippen LogP contribution in [0.2, 0.25) is 0 Å². The minimum atomic E-state index is -0.876. The minimum absolute atomic E-state index is 0.129. The summed E-state index contributed by atoms with van der Waals surface area (Å²) in [7, 11) is 1.44. The Hall–Kier alpha value is -4.84. The fraction of sp³-hybridized carbons (Fsp3) is 0.179. The van der Waals surface area contributed by atoms with E-state index < -0.39 is 28.3 Å². The summed E-state index contributed by atoms with van der Waals surface area (Å²) < 4.78 is 31.9. The van der Waals surface area contributed by atoms with Crippen LogP contribution in [0.5, 0.6) is 5.75 Å². The fourth-order valence-corrected chi connectivity index (χ4v) is 5.49. The Morgan fingerprint density at radius 3 is 2.65 bits per heavy atom. The van der Waals surface area contributed by atoms with Gasteiger partial charge in [0.05, 0.1) is 46.0 Å². The number of methoxy groups -OCH3 is 1. The van der Waals surface area contributed by atoms with Gasteiger partial charge < -0.3 is 13.9 Å². The highest BCUT2D eigenvalue weighted by Crippen LogP contribution is 2.35. The Balaban J connectivity index is 1.63. The van der Waals surface area contributed by atoms with E-state index in [0.29, 0.717) is 38.9 Å². The van der Waals surface area contributed by atoms with Gasteiger partial charge in [-0.15, -0.1) is 0 Å². The van der Waals surface area contributed by atoms with E-state index in [0.717, 1.165) is 11.3 Å². The molecule has 1 aliphatic rings. The van der Waals surface area contributed by atoms with E-state index in [1.54, 1.807) is 26.0 Å². The van der Waals surface area contributed by atoms with Crippen LogP contribution in [0.25, 0.3) is 17.4 Å². The number of ether oxygens (including phenoxy) is 2. The highest BCUT2D eigenvalue weighted by molar-refractivity contribution is 7.07. The maximum absolute atomic E-state index is 13.7. The summed E-state index contributed by atoms with van der Waals surface area (Å²) in [4.78, 5) is 42.2. The average Bonchev–Trinajstić information content (AvgIpc) is 3.52. The molecule has 0 unspecified atom stereocenters. The summed E-state index contributed by atoms with van der Waals surface area (Å²) in [6, 6.07) is 12.1. The van der Waals surface area contributed by atoms with E-state index in [1.807, 2.05) is 0 Å². The first kappa shape index (κ1) is 26.8. The maximum Gasteiger partial charge on any atom is 0.338 e. The number of nitrogens with zero attached hydrogens (tertiary/aromatic N) is 3. The Labute approximate surface area is 230 Å². The predicted octanol–water partition coefficient (Wildman–Crippen LogP) is 4.11. The number of carbonyl (C=O) groups is 1. The number of halogens is 1. The summed E-state index contributed by atoms with van der Waals surface area (Å²) in [6.45, 7) is 3.47. The molecule has 0 saturated heterocycles. The Morgan fingerprint density at radius 2 is 1.98 bits per heavy atom. The van der Waals surface area contributed by atoms with Gasteiger partial charge in [-0.05, 0) is 49.7 Å². The van der Waals surface area contributed by atoms with Gasteiger partial charge in [0.2, 0.25) is 0 Å². The number of fused-ring (bicyclic) bond motifs is 1. The highest BCUT2D eigenvalue weighted by atomic mass is 32.1. The second-order valence-corrected chi connectivity index (χ2v) is 9.71.